The summed E-state index contributed by atoms with van der Waals surface area (Å²) in [5.41, 5.74) is -2.78. The summed E-state index contributed by atoms with van der Waals surface area (Å²) in [6.07, 6.45) is -6.82. The molecule has 338 valence electrons. The average molecular weight is 861 g/mol. The molecule has 17 nitrogen and oxygen atoms in total. The van der Waals surface area contributed by atoms with Crippen molar-refractivity contribution in [3.63, 3.8) is 0 Å². The van der Waals surface area contributed by atoms with E-state index in [4.69, 9.17) is 37.9 Å². The third-order valence-electron chi connectivity index (χ3n) is 13.8. The van der Waals surface area contributed by atoms with Gasteiger partial charge in [-0.25, -0.2) is 0 Å². The lowest BCUT2D eigenvalue weighted by Gasteiger charge is -2.48. The Morgan fingerprint density at radius 3 is 1.80 bits per heavy atom. The van der Waals surface area contributed by atoms with Gasteiger partial charge < -0.3 is 73.6 Å². The number of carbonyl (C=O) groups is 2. The second-order valence-corrected chi connectivity index (χ2v) is 17.8. The number of Topliss-reactive ketones (excluding diaryl/α,β-unsaturated/α-hetero) is 2. The predicted octanol–water partition coefficient (Wildman–Crippen LogP) is 3.52. The van der Waals surface area contributed by atoms with E-state index < -0.39 is 102 Å². The van der Waals surface area contributed by atoms with Crippen LogP contribution in [0, 0.1) is 11.8 Å². The van der Waals surface area contributed by atoms with Crippen molar-refractivity contribution >= 4 is 11.6 Å². The van der Waals surface area contributed by atoms with E-state index in [9.17, 15) is 45.3 Å². The van der Waals surface area contributed by atoms with E-state index >= 15 is 0 Å². The summed E-state index contributed by atoms with van der Waals surface area (Å²) in [7, 11) is 0. The standard InChI is InChI=1S/C44H60O17/c1-6-44(53)17-28(34-37(43(44)52)41(51)35-36(40(34)50)39(49)33-22(38(35)48)8-7-9-24(33)46)60-32-16-25(47)42(21(5)57-32)61-31-15-12-27(20(4)56-31)59-30-14-11-26(19(3)55-30)58-29-13-10-23(45)18(2)54-29/h7-9,18-21,23,25-32,35-36,42-43,45-47,50-53H,6,10-17H2,1-5H3/t18?,19?,20?,21?,23?,25?,26?,27?,28?,29?,30?,31?,32?,35?,36?,42?,43?,44-/m1/s1. The van der Waals surface area contributed by atoms with Crippen molar-refractivity contribution in [2.75, 3.05) is 0 Å². The third kappa shape index (κ3) is 8.30. The molecule has 8 rings (SSSR count). The molecule has 0 spiro atoms. The number of carbonyl (C=O) groups excluding carboxylic acids is 2. The minimum atomic E-state index is -1.88. The van der Waals surface area contributed by atoms with Crippen LogP contribution in [0.15, 0.2) is 40.9 Å². The number of hydrogen-bond donors (Lipinski definition) is 7. The second-order valence-electron chi connectivity index (χ2n) is 17.8. The van der Waals surface area contributed by atoms with Gasteiger partial charge in [-0.05, 0) is 59.4 Å². The van der Waals surface area contributed by atoms with Gasteiger partial charge in [-0.2, -0.15) is 0 Å². The van der Waals surface area contributed by atoms with E-state index in [1.165, 1.54) is 18.2 Å². The van der Waals surface area contributed by atoms with Crippen molar-refractivity contribution in [3.05, 3.63) is 52.0 Å². The van der Waals surface area contributed by atoms with Crippen LogP contribution in [0.2, 0.25) is 0 Å². The number of hydrogen-bond acceptors (Lipinski definition) is 17. The lowest BCUT2D eigenvalue weighted by Crippen LogP contribution is -2.57. The van der Waals surface area contributed by atoms with Gasteiger partial charge in [-0.1, -0.05) is 19.1 Å². The van der Waals surface area contributed by atoms with Gasteiger partial charge in [0.05, 0.1) is 77.9 Å². The van der Waals surface area contributed by atoms with E-state index in [1.54, 1.807) is 13.8 Å². The first-order chi connectivity index (χ1) is 29.0. The number of allylic oxidation sites excluding steroid dienone is 2. The molecule has 4 saturated heterocycles. The van der Waals surface area contributed by atoms with Crippen LogP contribution < -0.4 is 0 Å². The number of rotatable bonds is 9. The van der Waals surface area contributed by atoms with Crippen LogP contribution in [0.3, 0.4) is 0 Å². The molecule has 1 aromatic carbocycles. The summed E-state index contributed by atoms with van der Waals surface area (Å²) < 4.78 is 49.6. The first kappa shape index (κ1) is 44.6. The van der Waals surface area contributed by atoms with E-state index in [0.717, 1.165) is 6.42 Å². The van der Waals surface area contributed by atoms with E-state index in [1.807, 2.05) is 20.8 Å². The molecule has 61 heavy (non-hydrogen) atoms. The van der Waals surface area contributed by atoms with Gasteiger partial charge >= 0.3 is 0 Å². The van der Waals surface area contributed by atoms with Gasteiger partial charge in [0, 0.05) is 48.8 Å². The molecule has 5 fully saturated rings. The number of ether oxygens (including phenoxy) is 8. The predicted molar refractivity (Wildman–Crippen MR) is 210 cm³/mol. The molecule has 1 saturated carbocycles. The van der Waals surface area contributed by atoms with Crippen LogP contribution >= 0.6 is 0 Å². The fourth-order valence-corrected chi connectivity index (χ4v) is 10.2. The van der Waals surface area contributed by atoms with Crippen LogP contribution in [-0.2, 0) is 37.9 Å². The molecule has 1 aromatic rings. The molecule has 4 heterocycles. The highest BCUT2D eigenvalue weighted by molar-refractivity contribution is 6.19. The van der Waals surface area contributed by atoms with Gasteiger partial charge in [0.15, 0.2) is 36.7 Å². The van der Waals surface area contributed by atoms with Crippen molar-refractivity contribution < 1.29 is 83.2 Å². The van der Waals surface area contributed by atoms with Gasteiger partial charge in [0.25, 0.3) is 0 Å². The van der Waals surface area contributed by atoms with Crippen molar-refractivity contribution in [1.82, 2.24) is 0 Å². The van der Waals surface area contributed by atoms with Gasteiger partial charge in [-0.3, -0.25) is 9.59 Å². The summed E-state index contributed by atoms with van der Waals surface area (Å²) in [6, 6.07) is 3.97. The monoisotopic (exact) mass is 860 g/mol. The fourth-order valence-electron chi connectivity index (χ4n) is 10.2. The molecule has 17 unspecified atom stereocenters. The maximum absolute atomic E-state index is 13.8. The molecule has 0 radical (unpaired) electrons. The highest BCUT2D eigenvalue weighted by Gasteiger charge is 2.58. The Labute approximate surface area is 354 Å². The summed E-state index contributed by atoms with van der Waals surface area (Å²) in [5, 5.41) is 78.4. The third-order valence-corrected chi connectivity index (χ3v) is 13.8. The molecule has 3 aliphatic carbocycles. The lowest BCUT2D eigenvalue weighted by atomic mass is 9.62. The zero-order chi connectivity index (χ0) is 43.7. The van der Waals surface area contributed by atoms with Crippen LogP contribution in [-0.4, -0.2) is 145 Å². The number of fused-ring (bicyclic) bond motifs is 3. The summed E-state index contributed by atoms with van der Waals surface area (Å²) in [5.74, 6) is -6.53. The largest absolute Gasteiger partial charge is 0.511 e. The van der Waals surface area contributed by atoms with Crippen LogP contribution in [0.4, 0.5) is 0 Å². The van der Waals surface area contributed by atoms with Gasteiger partial charge in [-0.15, -0.1) is 0 Å². The van der Waals surface area contributed by atoms with Crippen LogP contribution in [0.1, 0.15) is 113 Å². The number of aliphatic hydroxyl groups excluding tert-OH is 5. The SMILES string of the molecule is CC[C@@]1(O)CC(OC2CC(O)C(OC3CCC(OC4CCC(OC5CCC(O)C(C)O5)C(C)O4)C(C)O3)C(C)O2)C2=C(O)C3C(=O)c4c(O)cccc4C(=O)C3C(O)=C2C1O. The Morgan fingerprint density at radius 2 is 1.21 bits per heavy atom. The molecule has 7 N–H and O–H groups in total. The van der Waals surface area contributed by atoms with Crippen LogP contribution in [0.5, 0.6) is 5.75 Å². The second kappa shape index (κ2) is 17.5. The van der Waals surface area contributed by atoms with E-state index in [0.29, 0.717) is 32.1 Å². The number of phenols is 1. The maximum atomic E-state index is 13.8. The Bertz CT molecular complexity index is 1870. The van der Waals surface area contributed by atoms with Crippen molar-refractivity contribution in [2.24, 2.45) is 11.8 Å². The molecule has 4 aliphatic heterocycles. The summed E-state index contributed by atoms with van der Waals surface area (Å²) in [6.45, 7) is 9.00. The summed E-state index contributed by atoms with van der Waals surface area (Å²) in [4.78, 5) is 27.5. The molecular formula is C44H60O17. The van der Waals surface area contributed by atoms with Crippen molar-refractivity contribution in [1.29, 1.82) is 0 Å². The number of aliphatic hydroxyl groups is 6. The first-order valence-corrected chi connectivity index (χ1v) is 21.8. The zero-order valence-electron chi connectivity index (χ0n) is 35.1. The van der Waals surface area contributed by atoms with E-state index in [-0.39, 0.29) is 78.3 Å². The smallest absolute Gasteiger partial charge is 0.179 e. The normalized spacial score (nSPS) is 44.4. The fraction of sp³-hybridized carbons (Fsp3) is 0.727. The van der Waals surface area contributed by atoms with E-state index in [2.05, 4.69) is 0 Å². The van der Waals surface area contributed by atoms with Crippen molar-refractivity contribution in [2.45, 2.75) is 190 Å². The molecule has 0 bridgehead atoms. The topological polar surface area (TPSA) is 250 Å². The molecule has 18 atom stereocenters. The minimum Gasteiger partial charge on any atom is -0.511 e. The molecular weight excluding hydrogens is 800 g/mol. The number of benzene rings is 1. The average Bonchev–Trinajstić information content (AvgIpc) is 3.21. The quantitative estimate of drug-likeness (QED) is 0.188. The number of aromatic hydroxyl groups is 1. The Morgan fingerprint density at radius 1 is 0.656 bits per heavy atom. The highest BCUT2D eigenvalue weighted by atomic mass is 16.7. The Hall–Kier alpha value is -3.04. The van der Waals surface area contributed by atoms with Gasteiger partial charge in [0.2, 0.25) is 0 Å². The minimum absolute atomic E-state index is 0.00633. The first-order valence-electron chi connectivity index (χ1n) is 21.8. The molecule has 7 aliphatic rings. The van der Waals surface area contributed by atoms with Crippen molar-refractivity contribution in [3.8, 4) is 5.75 Å². The summed E-state index contributed by atoms with van der Waals surface area (Å²) >= 11 is 0. The lowest BCUT2D eigenvalue weighted by molar-refractivity contribution is -0.323. The molecule has 0 amide bonds. The maximum Gasteiger partial charge on any atom is 0.179 e. The number of ketones is 2. The highest BCUT2D eigenvalue weighted by Crippen LogP contribution is 2.52. The number of phenolic OH excluding ortho intramolecular Hbond substituents is 1. The molecule has 0 aromatic heterocycles. The zero-order valence-corrected chi connectivity index (χ0v) is 35.1. The van der Waals surface area contributed by atoms with Gasteiger partial charge in [0.1, 0.15) is 29.5 Å². The molecule has 17 heteroatoms. The van der Waals surface area contributed by atoms with Crippen LogP contribution in [0.25, 0.3) is 0 Å². The Kier molecular flexibility index (Phi) is 12.8. The Balaban J connectivity index is 0.882.